The Hall–Kier alpha value is -1.19. The Kier molecular flexibility index (Phi) is 4.50. The Balaban J connectivity index is 1.84. The van der Waals surface area contributed by atoms with E-state index in [1.165, 1.54) is 19.4 Å². The average Bonchev–Trinajstić information content (AvgIpc) is 2.76. The highest BCUT2D eigenvalue weighted by atomic mass is 16.1. The van der Waals surface area contributed by atoms with Crippen molar-refractivity contribution in [1.29, 1.82) is 0 Å². The Morgan fingerprint density at radius 1 is 1.39 bits per heavy atom. The van der Waals surface area contributed by atoms with E-state index in [9.17, 15) is 4.79 Å². The maximum atomic E-state index is 12.1. The number of hydrogen-bond acceptors (Lipinski definition) is 3. The third-order valence-electron chi connectivity index (χ3n) is 3.70. The Labute approximate surface area is 109 Å². The van der Waals surface area contributed by atoms with Crippen LogP contribution < -0.4 is 0 Å². The lowest BCUT2D eigenvalue weighted by atomic mass is 10.1. The number of carbonyl (C=O) groups is 1. The molecule has 3 nitrogen and oxygen atoms in total. The van der Waals surface area contributed by atoms with Crippen LogP contribution in [0.25, 0.3) is 0 Å². The fourth-order valence-corrected chi connectivity index (χ4v) is 2.59. The van der Waals surface area contributed by atoms with E-state index in [1.54, 1.807) is 0 Å². The zero-order valence-corrected chi connectivity index (χ0v) is 11.3. The normalized spacial score (nSPS) is 20.5. The predicted molar refractivity (Wildman–Crippen MR) is 73.9 cm³/mol. The average molecular weight is 246 g/mol. The monoisotopic (exact) mass is 246 g/mol. The van der Waals surface area contributed by atoms with Crippen molar-refractivity contribution in [3.63, 3.8) is 0 Å². The van der Waals surface area contributed by atoms with Crippen LogP contribution >= 0.6 is 0 Å². The maximum Gasteiger partial charge on any atom is 0.176 e. The lowest BCUT2D eigenvalue weighted by Crippen LogP contribution is -2.38. The first kappa shape index (κ1) is 13.2. The molecule has 1 fully saturated rings. The summed E-state index contributed by atoms with van der Waals surface area (Å²) < 4.78 is 0. The van der Waals surface area contributed by atoms with Gasteiger partial charge in [0.15, 0.2) is 5.78 Å². The number of nitrogens with zero attached hydrogens (tertiary/aromatic N) is 2. The van der Waals surface area contributed by atoms with Crippen LogP contribution in [-0.4, -0.2) is 55.4 Å². The summed E-state index contributed by atoms with van der Waals surface area (Å²) in [6.45, 7) is 2.68. The molecule has 0 saturated carbocycles. The van der Waals surface area contributed by atoms with Crippen LogP contribution in [0.4, 0.5) is 0 Å². The Bertz CT molecular complexity index is 391. The zero-order valence-electron chi connectivity index (χ0n) is 11.3. The molecule has 1 aromatic carbocycles. The highest BCUT2D eigenvalue weighted by Gasteiger charge is 2.22. The summed E-state index contributed by atoms with van der Waals surface area (Å²) in [4.78, 5) is 16.6. The summed E-state index contributed by atoms with van der Waals surface area (Å²) in [5.74, 6) is 0.207. The molecular weight excluding hydrogens is 224 g/mol. The minimum Gasteiger partial charge on any atom is -0.302 e. The number of carbonyl (C=O) groups excluding carboxylic acids is 1. The van der Waals surface area contributed by atoms with Gasteiger partial charge in [0.05, 0.1) is 6.54 Å². The summed E-state index contributed by atoms with van der Waals surface area (Å²) in [5, 5.41) is 0. The number of rotatable bonds is 5. The van der Waals surface area contributed by atoms with E-state index < -0.39 is 0 Å². The molecule has 18 heavy (non-hydrogen) atoms. The molecule has 1 aliphatic heterocycles. The molecule has 1 aliphatic rings. The van der Waals surface area contributed by atoms with E-state index in [0.29, 0.717) is 12.6 Å². The molecule has 1 aromatic rings. The molecule has 1 unspecified atom stereocenters. The Morgan fingerprint density at radius 3 is 2.72 bits per heavy atom. The number of benzene rings is 1. The smallest absolute Gasteiger partial charge is 0.176 e. The van der Waals surface area contributed by atoms with Crippen molar-refractivity contribution >= 4 is 5.78 Å². The van der Waals surface area contributed by atoms with E-state index in [0.717, 1.165) is 12.1 Å². The molecule has 0 radical (unpaired) electrons. The fourth-order valence-electron chi connectivity index (χ4n) is 2.59. The van der Waals surface area contributed by atoms with Crippen LogP contribution in [0.1, 0.15) is 23.2 Å². The van der Waals surface area contributed by atoms with Crippen LogP contribution in [0.15, 0.2) is 30.3 Å². The quantitative estimate of drug-likeness (QED) is 0.741. The summed E-state index contributed by atoms with van der Waals surface area (Å²) >= 11 is 0. The van der Waals surface area contributed by atoms with Gasteiger partial charge < -0.3 is 4.90 Å². The van der Waals surface area contributed by atoms with Gasteiger partial charge in [-0.05, 0) is 33.5 Å². The van der Waals surface area contributed by atoms with Crippen LogP contribution in [-0.2, 0) is 0 Å². The van der Waals surface area contributed by atoms with Gasteiger partial charge in [-0.15, -0.1) is 0 Å². The third-order valence-corrected chi connectivity index (χ3v) is 3.70. The molecule has 0 N–H and O–H groups in total. The van der Waals surface area contributed by atoms with Gasteiger partial charge >= 0.3 is 0 Å². The molecule has 0 amide bonds. The first-order valence-corrected chi connectivity index (χ1v) is 6.64. The van der Waals surface area contributed by atoms with E-state index in [1.807, 2.05) is 37.4 Å². The lowest BCUT2D eigenvalue weighted by Gasteiger charge is -2.25. The van der Waals surface area contributed by atoms with E-state index in [-0.39, 0.29) is 5.78 Å². The van der Waals surface area contributed by atoms with Gasteiger partial charge in [-0.3, -0.25) is 9.69 Å². The number of likely N-dealkylation sites (N-methyl/N-ethyl adjacent to an activating group) is 2. The molecular formula is C15H22N2O. The van der Waals surface area contributed by atoms with Crippen molar-refractivity contribution in [2.45, 2.75) is 18.9 Å². The van der Waals surface area contributed by atoms with E-state index in [2.05, 4.69) is 16.8 Å². The second kappa shape index (κ2) is 6.12. The van der Waals surface area contributed by atoms with E-state index in [4.69, 9.17) is 0 Å². The Morgan fingerprint density at radius 2 is 2.11 bits per heavy atom. The predicted octanol–water partition coefficient (Wildman–Crippen LogP) is 1.90. The molecule has 98 valence electrons. The minimum atomic E-state index is 0.207. The van der Waals surface area contributed by atoms with Crippen LogP contribution in [0.2, 0.25) is 0 Å². The third kappa shape index (κ3) is 3.40. The van der Waals surface area contributed by atoms with Crippen molar-refractivity contribution in [1.82, 2.24) is 9.80 Å². The molecule has 0 spiro atoms. The molecule has 0 aromatic heterocycles. The minimum absolute atomic E-state index is 0.207. The van der Waals surface area contributed by atoms with Gasteiger partial charge in [0.1, 0.15) is 0 Å². The van der Waals surface area contributed by atoms with Gasteiger partial charge in [-0.1, -0.05) is 30.3 Å². The van der Waals surface area contributed by atoms with Gasteiger partial charge in [0, 0.05) is 18.2 Å². The highest BCUT2D eigenvalue weighted by Crippen LogP contribution is 2.15. The fraction of sp³-hybridized carbons (Fsp3) is 0.533. The van der Waals surface area contributed by atoms with Crippen molar-refractivity contribution in [3.8, 4) is 0 Å². The van der Waals surface area contributed by atoms with Crippen molar-refractivity contribution in [2.75, 3.05) is 33.7 Å². The standard InChI is InChI=1S/C15H22N2O/c1-16(11-14-9-6-10-17(14)2)12-15(18)13-7-4-3-5-8-13/h3-5,7-8,14H,6,9-12H2,1-2H3. The van der Waals surface area contributed by atoms with Gasteiger partial charge in [-0.25, -0.2) is 0 Å². The first-order chi connectivity index (χ1) is 8.66. The lowest BCUT2D eigenvalue weighted by molar-refractivity contribution is 0.0932. The second-order valence-electron chi connectivity index (χ2n) is 5.26. The van der Waals surface area contributed by atoms with Gasteiger partial charge in [0.2, 0.25) is 0 Å². The maximum absolute atomic E-state index is 12.1. The summed E-state index contributed by atoms with van der Waals surface area (Å²) in [5.41, 5.74) is 0.809. The summed E-state index contributed by atoms with van der Waals surface area (Å²) in [7, 11) is 4.21. The van der Waals surface area contributed by atoms with Gasteiger partial charge in [-0.2, -0.15) is 0 Å². The first-order valence-electron chi connectivity index (χ1n) is 6.64. The highest BCUT2D eigenvalue weighted by molar-refractivity contribution is 5.97. The van der Waals surface area contributed by atoms with Gasteiger partial charge in [0.25, 0.3) is 0 Å². The number of likely N-dealkylation sites (tertiary alicyclic amines) is 1. The largest absolute Gasteiger partial charge is 0.302 e. The zero-order chi connectivity index (χ0) is 13.0. The van der Waals surface area contributed by atoms with Crippen LogP contribution in [0.3, 0.4) is 0 Å². The van der Waals surface area contributed by atoms with Crippen molar-refractivity contribution in [2.24, 2.45) is 0 Å². The SMILES string of the molecule is CN(CC(=O)c1ccccc1)CC1CCCN1C. The summed E-state index contributed by atoms with van der Waals surface area (Å²) in [6.07, 6.45) is 2.53. The molecule has 2 rings (SSSR count). The van der Waals surface area contributed by atoms with Crippen LogP contribution in [0.5, 0.6) is 0 Å². The van der Waals surface area contributed by atoms with E-state index >= 15 is 0 Å². The molecule has 1 heterocycles. The molecule has 0 bridgehead atoms. The molecule has 0 aliphatic carbocycles. The van der Waals surface area contributed by atoms with Crippen molar-refractivity contribution < 1.29 is 4.79 Å². The molecule has 1 saturated heterocycles. The van der Waals surface area contributed by atoms with Crippen molar-refractivity contribution in [3.05, 3.63) is 35.9 Å². The van der Waals surface area contributed by atoms with Crippen LogP contribution in [0, 0.1) is 0 Å². The molecule has 3 heteroatoms. The second-order valence-corrected chi connectivity index (χ2v) is 5.26. The number of hydrogen-bond donors (Lipinski definition) is 0. The molecule has 1 atom stereocenters. The number of ketones is 1. The number of Topliss-reactive ketones (excluding diaryl/α,β-unsaturated/α-hetero) is 1. The summed E-state index contributed by atoms with van der Waals surface area (Å²) in [6, 6.07) is 10.2. The topological polar surface area (TPSA) is 23.6 Å².